The Morgan fingerprint density at radius 1 is 1.17 bits per heavy atom. The van der Waals surface area contributed by atoms with Crippen LogP contribution in [-0.4, -0.2) is 36.6 Å². The Bertz CT molecular complexity index is 302. The Morgan fingerprint density at radius 2 is 2.06 bits per heavy atom. The van der Waals surface area contributed by atoms with E-state index in [2.05, 4.69) is 16.3 Å². The number of hydrogen-bond donors (Lipinski definition) is 1. The maximum atomic E-state index is 3.81. The molecule has 2 heteroatoms. The second-order valence-corrected chi connectivity index (χ2v) is 6.55. The van der Waals surface area contributed by atoms with E-state index in [0.717, 1.165) is 0 Å². The third-order valence-corrected chi connectivity index (χ3v) is 5.15. The summed E-state index contributed by atoms with van der Waals surface area (Å²) in [7, 11) is 0. The maximum Gasteiger partial charge on any atom is 0.0309 e. The molecule has 1 aliphatic heterocycles. The summed E-state index contributed by atoms with van der Waals surface area (Å²) < 4.78 is 0. The fourth-order valence-electron chi connectivity index (χ4n) is 4.05. The minimum atomic E-state index is 0.499. The molecule has 2 nitrogen and oxygen atoms in total. The average Bonchev–Trinajstić information content (AvgIpc) is 2.86. The zero-order valence-corrected chi connectivity index (χ0v) is 11.7. The molecule has 0 aromatic carbocycles. The molecule has 3 rings (SSSR count). The first-order chi connectivity index (χ1) is 8.86. The van der Waals surface area contributed by atoms with Crippen molar-refractivity contribution in [3.63, 3.8) is 0 Å². The molecule has 1 saturated heterocycles. The zero-order valence-electron chi connectivity index (χ0n) is 11.7. The Labute approximate surface area is 112 Å². The van der Waals surface area contributed by atoms with Crippen LogP contribution in [0, 0.1) is 0 Å². The van der Waals surface area contributed by atoms with Crippen LogP contribution in [0.3, 0.4) is 0 Å². The summed E-state index contributed by atoms with van der Waals surface area (Å²) in [5, 5.41) is 3.81. The predicted octanol–water partition coefficient (Wildman–Crippen LogP) is 3.09. The van der Waals surface area contributed by atoms with Crippen molar-refractivity contribution in [2.75, 3.05) is 26.2 Å². The molecule has 102 valence electrons. The highest BCUT2D eigenvalue weighted by atomic mass is 15.2. The first kappa shape index (κ1) is 12.7. The SMILES string of the molecule is C1=C(CCN2CCNC3(CCCC3)C2)CCCC1. The van der Waals surface area contributed by atoms with Crippen LogP contribution in [0.25, 0.3) is 0 Å². The van der Waals surface area contributed by atoms with Gasteiger partial charge in [0.2, 0.25) is 0 Å². The Kier molecular flexibility index (Phi) is 4.05. The molecule has 0 unspecified atom stereocenters. The third-order valence-electron chi connectivity index (χ3n) is 5.15. The summed E-state index contributed by atoms with van der Waals surface area (Å²) in [6.07, 6.45) is 15.1. The lowest BCUT2D eigenvalue weighted by Crippen LogP contribution is -2.59. The Balaban J connectivity index is 1.48. The van der Waals surface area contributed by atoms with E-state index in [1.165, 1.54) is 84.0 Å². The van der Waals surface area contributed by atoms with E-state index in [0.29, 0.717) is 5.54 Å². The number of hydrogen-bond acceptors (Lipinski definition) is 2. The first-order valence-electron chi connectivity index (χ1n) is 8.02. The molecule has 0 atom stereocenters. The summed E-state index contributed by atoms with van der Waals surface area (Å²) in [5.41, 5.74) is 2.24. The lowest BCUT2D eigenvalue weighted by atomic mass is 9.93. The molecular weight excluding hydrogens is 220 g/mol. The van der Waals surface area contributed by atoms with Crippen LogP contribution in [-0.2, 0) is 0 Å². The summed E-state index contributed by atoms with van der Waals surface area (Å²) in [6.45, 7) is 5.07. The number of piperazine rings is 1. The van der Waals surface area contributed by atoms with Crippen LogP contribution < -0.4 is 5.32 Å². The van der Waals surface area contributed by atoms with Crippen LogP contribution in [0.2, 0.25) is 0 Å². The highest BCUT2D eigenvalue weighted by Gasteiger charge is 2.37. The zero-order chi connectivity index (χ0) is 12.3. The minimum absolute atomic E-state index is 0.499. The van der Waals surface area contributed by atoms with Gasteiger partial charge in [-0.1, -0.05) is 24.5 Å². The van der Waals surface area contributed by atoms with E-state index in [4.69, 9.17) is 0 Å². The summed E-state index contributed by atoms with van der Waals surface area (Å²) in [4.78, 5) is 2.72. The van der Waals surface area contributed by atoms with Crippen LogP contribution in [0.1, 0.15) is 57.8 Å². The molecule has 1 saturated carbocycles. The van der Waals surface area contributed by atoms with Crippen molar-refractivity contribution in [1.29, 1.82) is 0 Å². The molecule has 0 aromatic rings. The van der Waals surface area contributed by atoms with Crippen molar-refractivity contribution >= 4 is 0 Å². The molecule has 1 heterocycles. The lowest BCUT2D eigenvalue weighted by Gasteiger charge is -2.41. The average molecular weight is 248 g/mol. The molecule has 0 aromatic heterocycles. The van der Waals surface area contributed by atoms with Crippen LogP contribution >= 0.6 is 0 Å². The summed E-state index contributed by atoms with van der Waals surface area (Å²) >= 11 is 0. The molecule has 1 N–H and O–H groups in total. The highest BCUT2D eigenvalue weighted by Crippen LogP contribution is 2.32. The summed E-state index contributed by atoms with van der Waals surface area (Å²) in [6, 6.07) is 0. The molecule has 0 amide bonds. The number of allylic oxidation sites excluding steroid dienone is 1. The fraction of sp³-hybridized carbons (Fsp3) is 0.875. The third kappa shape index (κ3) is 2.97. The van der Waals surface area contributed by atoms with Crippen molar-refractivity contribution < 1.29 is 0 Å². The van der Waals surface area contributed by atoms with E-state index < -0.39 is 0 Å². The fourth-order valence-corrected chi connectivity index (χ4v) is 4.05. The van der Waals surface area contributed by atoms with Crippen molar-refractivity contribution in [1.82, 2.24) is 10.2 Å². The van der Waals surface area contributed by atoms with Crippen molar-refractivity contribution in [2.24, 2.45) is 0 Å². The van der Waals surface area contributed by atoms with E-state index in [1.807, 2.05) is 0 Å². The van der Waals surface area contributed by atoms with Gasteiger partial charge in [0, 0.05) is 31.7 Å². The molecule has 0 bridgehead atoms. The van der Waals surface area contributed by atoms with Gasteiger partial charge < -0.3 is 5.32 Å². The van der Waals surface area contributed by atoms with Gasteiger partial charge in [-0.25, -0.2) is 0 Å². The normalized spacial score (nSPS) is 28.6. The molecule has 3 aliphatic rings. The molecule has 2 aliphatic carbocycles. The number of rotatable bonds is 3. The van der Waals surface area contributed by atoms with Gasteiger partial charge in [0.15, 0.2) is 0 Å². The minimum Gasteiger partial charge on any atom is -0.309 e. The second-order valence-electron chi connectivity index (χ2n) is 6.55. The van der Waals surface area contributed by atoms with Gasteiger partial charge in [-0.05, 0) is 44.9 Å². The van der Waals surface area contributed by atoms with Gasteiger partial charge in [0.05, 0.1) is 0 Å². The van der Waals surface area contributed by atoms with Crippen molar-refractivity contribution in [3.8, 4) is 0 Å². The van der Waals surface area contributed by atoms with Crippen LogP contribution in [0.15, 0.2) is 11.6 Å². The van der Waals surface area contributed by atoms with Gasteiger partial charge >= 0.3 is 0 Å². The largest absolute Gasteiger partial charge is 0.309 e. The summed E-state index contributed by atoms with van der Waals surface area (Å²) in [5.74, 6) is 0. The van der Waals surface area contributed by atoms with Crippen molar-refractivity contribution in [3.05, 3.63) is 11.6 Å². The number of nitrogens with zero attached hydrogens (tertiary/aromatic N) is 1. The smallest absolute Gasteiger partial charge is 0.0309 e. The van der Waals surface area contributed by atoms with E-state index in [-0.39, 0.29) is 0 Å². The first-order valence-corrected chi connectivity index (χ1v) is 8.02. The van der Waals surface area contributed by atoms with E-state index in [1.54, 1.807) is 5.57 Å². The second kappa shape index (κ2) is 5.75. The Hall–Kier alpha value is -0.340. The van der Waals surface area contributed by atoms with E-state index in [9.17, 15) is 0 Å². The van der Waals surface area contributed by atoms with Gasteiger partial charge in [-0.15, -0.1) is 0 Å². The monoisotopic (exact) mass is 248 g/mol. The van der Waals surface area contributed by atoms with Crippen LogP contribution in [0.5, 0.6) is 0 Å². The van der Waals surface area contributed by atoms with E-state index >= 15 is 0 Å². The Morgan fingerprint density at radius 3 is 2.83 bits per heavy atom. The quantitative estimate of drug-likeness (QED) is 0.772. The standard InChI is InChI=1S/C16H28N2/c1-2-6-15(7-3-1)8-12-18-13-11-17-16(14-18)9-4-5-10-16/h6,17H,1-5,7-14H2. The predicted molar refractivity (Wildman–Crippen MR) is 76.8 cm³/mol. The molecule has 0 radical (unpaired) electrons. The molecular formula is C16H28N2. The highest BCUT2D eigenvalue weighted by molar-refractivity contribution is 5.06. The maximum absolute atomic E-state index is 3.81. The lowest BCUT2D eigenvalue weighted by molar-refractivity contribution is 0.136. The topological polar surface area (TPSA) is 15.3 Å². The van der Waals surface area contributed by atoms with Crippen molar-refractivity contribution in [2.45, 2.75) is 63.3 Å². The van der Waals surface area contributed by atoms with Gasteiger partial charge in [-0.2, -0.15) is 0 Å². The van der Waals surface area contributed by atoms with Crippen LogP contribution in [0.4, 0.5) is 0 Å². The van der Waals surface area contributed by atoms with Gasteiger partial charge in [0.25, 0.3) is 0 Å². The van der Waals surface area contributed by atoms with Gasteiger partial charge in [-0.3, -0.25) is 4.90 Å². The molecule has 2 fully saturated rings. The molecule has 18 heavy (non-hydrogen) atoms. The van der Waals surface area contributed by atoms with Gasteiger partial charge in [0.1, 0.15) is 0 Å². The molecule has 1 spiro atoms. The number of nitrogens with one attached hydrogen (secondary N) is 1.